The molecule has 0 amide bonds. The van der Waals surface area contributed by atoms with E-state index in [1.807, 2.05) is 19.1 Å². The van der Waals surface area contributed by atoms with Crippen LogP contribution in [0.4, 0.5) is 11.5 Å². The van der Waals surface area contributed by atoms with Crippen molar-refractivity contribution < 1.29 is 9.47 Å². The number of hydrogen-bond donors (Lipinski definition) is 2. The van der Waals surface area contributed by atoms with Crippen LogP contribution >= 0.6 is 0 Å². The van der Waals surface area contributed by atoms with Crippen LogP contribution in [-0.4, -0.2) is 35.3 Å². The number of nitrogens with one attached hydrogen (secondary N) is 1. The fourth-order valence-electron chi connectivity index (χ4n) is 1.80. The van der Waals surface area contributed by atoms with Crippen LogP contribution in [-0.2, 0) is 17.7 Å². The Labute approximate surface area is 129 Å². The van der Waals surface area contributed by atoms with Crippen molar-refractivity contribution in [2.45, 2.75) is 19.9 Å². The molecule has 0 bridgehead atoms. The van der Waals surface area contributed by atoms with Gasteiger partial charge in [0.15, 0.2) is 5.82 Å². The monoisotopic (exact) mass is 303 g/mol. The second kappa shape index (κ2) is 8.14. The number of hydrogen-bond acceptors (Lipinski definition) is 7. The summed E-state index contributed by atoms with van der Waals surface area (Å²) in [5.41, 5.74) is 7.58. The minimum absolute atomic E-state index is 0.390. The number of nitrogens with zero attached hydrogens (tertiary/aromatic N) is 3. The molecule has 2 aromatic heterocycles. The van der Waals surface area contributed by atoms with E-state index in [4.69, 9.17) is 15.2 Å². The third-order valence-corrected chi connectivity index (χ3v) is 3.01. The van der Waals surface area contributed by atoms with Crippen LogP contribution in [0.3, 0.4) is 0 Å². The maximum absolute atomic E-state index is 6.09. The van der Waals surface area contributed by atoms with Crippen LogP contribution < -0.4 is 15.8 Å². The van der Waals surface area contributed by atoms with Gasteiger partial charge >= 0.3 is 0 Å². The Morgan fingerprint density at radius 3 is 2.64 bits per heavy atom. The third kappa shape index (κ3) is 4.29. The molecule has 0 fully saturated rings. The molecule has 7 heteroatoms. The summed E-state index contributed by atoms with van der Waals surface area (Å²) in [5, 5.41) is 3.22. The largest absolute Gasteiger partial charge is 0.474 e. The van der Waals surface area contributed by atoms with Crippen LogP contribution in [0.15, 0.2) is 24.5 Å². The van der Waals surface area contributed by atoms with E-state index in [0.29, 0.717) is 49.4 Å². The Bertz CT molecular complexity index is 592. The number of aromatic nitrogens is 3. The maximum Gasteiger partial charge on any atom is 0.242 e. The molecule has 0 radical (unpaired) electrons. The number of rotatable bonds is 8. The third-order valence-electron chi connectivity index (χ3n) is 3.01. The summed E-state index contributed by atoms with van der Waals surface area (Å²) >= 11 is 0. The van der Waals surface area contributed by atoms with Gasteiger partial charge in [0.25, 0.3) is 0 Å². The summed E-state index contributed by atoms with van der Waals surface area (Å²) in [6.07, 6.45) is 4.19. The summed E-state index contributed by atoms with van der Waals surface area (Å²) in [6.45, 7) is 3.46. The summed E-state index contributed by atoms with van der Waals surface area (Å²) in [5.74, 6) is 1.65. The molecule has 0 aliphatic carbocycles. The van der Waals surface area contributed by atoms with Crippen LogP contribution in [0.1, 0.15) is 18.3 Å². The van der Waals surface area contributed by atoms with Crippen LogP contribution in [0, 0.1) is 0 Å². The van der Waals surface area contributed by atoms with Gasteiger partial charge in [0.2, 0.25) is 5.88 Å². The summed E-state index contributed by atoms with van der Waals surface area (Å²) in [6, 6.07) is 3.86. The molecular weight excluding hydrogens is 282 g/mol. The van der Waals surface area contributed by atoms with E-state index in [1.54, 1.807) is 19.5 Å². The van der Waals surface area contributed by atoms with E-state index < -0.39 is 0 Å². The Kier molecular flexibility index (Phi) is 5.91. The first-order valence-corrected chi connectivity index (χ1v) is 7.15. The van der Waals surface area contributed by atoms with Gasteiger partial charge in [-0.05, 0) is 17.7 Å². The number of nitrogens with two attached hydrogens (primary N) is 1. The molecule has 0 aliphatic rings. The van der Waals surface area contributed by atoms with Gasteiger partial charge in [-0.1, -0.05) is 6.92 Å². The van der Waals surface area contributed by atoms with Crippen molar-refractivity contribution in [2.24, 2.45) is 0 Å². The zero-order valence-corrected chi connectivity index (χ0v) is 12.9. The summed E-state index contributed by atoms with van der Waals surface area (Å²) < 4.78 is 10.5. The molecule has 118 valence electrons. The fraction of sp³-hybridized carbons (Fsp3) is 0.400. The van der Waals surface area contributed by atoms with Gasteiger partial charge in [-0.2, -0.15) is 4.98 Å². The van der Waals surface area contributed by atoms with Crippen molar-refractivity contribution in [3.63, 3.8) is 0 Å². The first kappa shape index (κ1) is 16.0. The van der Waals surface area contributed by atoms with E-state index in [0.717, 1.165) is 5.56 Å². The Morgan fingerprint density at radius 2 is 1.95 bits per heavy atom. The predicted molar refractivity (Wildman–Crippen MR) is 84.8 cm³/mol. The van der Waals surface area contributed by atoms with Gasteiger partial charge in [0.1, 0.15) is 18.1 Å². The van der Waals surface area contributed by atoms with Crippen molar-refractivity contribution in [3.8, 4) is 5.88 Å². The molecule has 0 spiro atoms. The maximum atomic E-state index is 6.09. The SMILES string of the molecule is CCc1nc(NCc2ccncc2)c(N)c(OCCOC)n1. The van der Waals surface area contributed by atoms with E-state index >= 15 is 0 Å². The molecule has 2 heterocycles. The lowest BCUT2D eigenvalue weighted by molar-refractivity contribution is 0.144. The minimum Gasteiger partial charge on any atom is -0.474 e. The molecule has 22 heavy (non-hydrogen) atoms. The van der Waals surface area contributed by atoms with Crippen molar-refractivity contribution >= 4 is 11.5 Å². The van der Waals surface area contributed by atoms with Crippen molar-refractivity contribution in [1.29, 1.82) is 0 Å². The molecular formula is C15H21N5O2. The molecule has 0 aliphatic heterocycles. The highest BCUT2D eigenvalue weighted by molar-refractivity contribution is 5.67. The highest BCUT2D eigenvalue weighted by Crippen LogP contribution is 2.26. The highest BCUT2D eigenvalue weighted by Gasteiger charge is 2.12. The first-order valence-electron chi connectivity index (χ1n) is 7.15. The number of anilines is 2. The topological polar surface area (TPSA) is 95.2 Å². The van der Waals surface area contributed by atoms with Gasteiger partial charge < -0.3 is 20.5 Å². The van der Waals surface area contributed by atoms with Gasteiger partial charge in [0.05, 0.1) is 6.61 Å². The molecule has 0 unspecified atom stereocenters. The second-order valence-corrected chi connectivity index (χ2v) is 4.61. The lowest BCUT2D eigenvalue weighted by Crippen LogP contribution is -2.12. The smallest absolute Gasteiger partial charge is 0.242 e. The van der Waals surface area contributed by atoms with Gasteiger partial charge in [0, 0.05) is 32.5 Å². The minimum atomic E-state index is 0.390. The Morgan fingerprint density at radius 1 is 1.18 bits per heavy atom. The zero-order valence-electron chi connectivity index (χ0n) is 12.9. The lowest BCUT2D eigenvalue weighted by atomic mass is 10.2. The fourth-order valence-corrected chi connectivity index (χ4v) is 1.80. The van der Waals surface area contributed by atoms with Gasteiger partial charge in [-0.3, -0.25) is 4.98 Å². The molecule has 0 saturated carbocycles. The normalized spacial score (nSPS) is 10.5. The van der Waals surface area contributed by atoms with Crippen LogP contribution in [0.5, 0.6) is 5.88 Å². The number of aryl methyl sites for hydroxylation is 1. The summed E-state index contributed by atoms with van der Waals surface area (Å²) in [4.78, 5) is 12.7. The molecule has 2 aromatic rings. The molecule has 0 saturated heterocycles. The Balaban J connectivity index is 2.13. The molecule has 0 aromatic carbocycles. The number of pyridine rings is 1. The number of ether oxygens (including phenoxy) is 2. The standard InChI is InChI=1S/C15H21N5O2/c1-3-12-19-14(18-10-11-4-6-17-7-5-11)13(16)15(20-12)22-9-8-21-2/h4-7H,3,8-10,16H2,1-2H3,(H,18,19,20). The van der Waals surface area contributed by atoms with Crippen molar-refractivity contribution in [3.05, 3.63) is 35.9 Å². The average molecular weight is 303 g/mol. The molecule has 0 atom stereocenters. The van der Waals surface area contributed by atoms with E-state index in [1.165, 1.54) is 0 Å². The first-order chi connectivity index (χ1) is 10.7. The van der Waals surface area contributed by atoms with Crippen molar-refractivity contribution in [1.82, 2.24) is 15.0 Å². The van der Waals surface area contributed by atoms with Crippen LogP contribution in [0.2, 0.25) is 0 Å². The summed E-state index contributed by atoms with van der Waals surface area (Å²) in [7, 11) is 1.62. The Hall–Kier alpha value is -2.41. The van der Waals surface area contributed by atoms with Crippen molar-refractivity contribution in [2.75, 3.05) is 31.4 Å². The van der Waals surface area contributed by atoms with E-state index in [9.17, 15) is 0 Å². The second-order valence-electron chi connectivity index (χ2n) is 4.61. The lowest BCUT2D eigenvalue weighted by Gasteiger charge is -2.13. The average Bonchev–Trinajstić information content (AvgIpc) is 2.56. The quantitative estimate of drug-likeness (QED) is 0.716. The highest BCUT2D eigenvalue weighted by atomic mass is 16.5. The molecule has 3 N–H and O–H groups in total. The predicted octanol–water partition coefficient (Wildman–Crippen LogP) is 1.65. The van der Waals surface area contributed by atoms with E-state index in [-0.39, 0.29) is 0 Å². The van der Waals surface area contributed by atoms with Crippen LogP contribution in [0.25, 0.3) is 0 Å². The molecule has 7 nitrogen and oxygen atoms in total. The number of nitrogen functional groups attached to an aromatic ring is 1. The van der Waals surface area contributed by atoms with Gasteiger partial charge in [-0.25, -0.2) is 4.98 Å². The van der Waals surface area contributed by atoms with E-state index in [2.05, 4.69) is 20.3 Å². The number of methoxy groups -OCH3 is 1. The zero-order chi connectivity index (χ0) is 15.8. The molecule has 2 rings (SSSR count). The van der Waals surface area contributed by atoms with Gasteiger partial charge in [-0.15, -0.1) is 0 Å².